The maximum absolute atomic E-state index is 7.76. The molecule has 0 amide bonds. The summed E-state index contributed by atoms with van der Waals surface area (Å²) in [4.78, 5) is 2.64. The van der Waals surface area contributed by atoms with E-state index in [4.69, 9.17) is 15.9 Å². The molecule has 3 fully saturated rings. The molecule has 2 unspecified atom stereocenters. The van der Waals surface area contributed by atoms with E-state index in [2.05, 4.69) is 11.8 Å². The number of amidine groups is 1. The predicted molar refractivity (Wildman–Crippen MR) is 84.5 cm³/mol. The van der Waals surface area contributed by atoms with Gasteiger partial charge in [0.1, 0.15) is 0 Å². The molecule has 3 heterocycles. The Morgan fingerprint density at radius 1 is 1.35 bits per heavy atom. The van der Waals surface area contributed by atoms with Crippen molar-refractivity contribution in [2.24, 2.45) is 11.1 Å². The fourth-order valence-corrected chi connectivity index (χ4v) is 5.21. The van der Waals surface area contributed by atoms with Gasteiger partial charge in [-0.2, -0.15) is 11.8 Å². The van der Waals surface area contributed by atoms with Crippen LogP contribution in [0.3, 0.4) is 0 Å². The number of hydrogen-bond acceptors (Lipinski definition) is 4. The molecule has 3 rings (SSSR count). The molecule has 1 spiro atoms. The van der Waals surface area contributed by atoms with E-state index in [-0.39, 0.29) is 11.0 Å². The lowest BCUT2D eigenvalue weighted by atomic mass is 9.78. The molecule has 2 atom stereocenters. The smallest absolute Gasteiger partial charge is 0.0966 e. The number of thioether (sulfide) groups is 1. The van der Waals surface area contributed by atoms with Gasteiger partial charge in [-0.05, 0) is 50.9 Å². The van der Waals surface area contributed by atoms with E-state index in [9.17, 15) is 0 Å². The number of nitrogens with zero attached hydrogens (tertiary/aromatic N) is 1. The lowest BCUT2D eigenvalue weighted by Gasteiger charge is -2.46. The zero-order valence-electron chi connectivity index (χ0n) is 12.5. The second-order valence-electron chi connectivity index (χ2n) is 6.99. The van der Waals surface area contributed by atoms with E-state index in [0.717, 1.165) is 32.5 Å². The Bertz CT molecular complexity index is 373. The van der Waals surface area contributed by atoms with Gasteiger partial charge < -0.3 is 15.4 Å². The molecule has 0 bridgehead atoms. The van der Waals surface area contributed by atoms with Crippen molar-refractivity contribution in [3.05, 3.63) is 0 Å². The van der Waals surface area contributed by atoms with Gasteiger partial charge in [0.2, 0.25) is 0 Å². The number of nitrogens with two attached hydrogens (primary N) is 1. The van der Waals surface area contributed by atoms with Crippen LogP contribution in [0.15, 0.2) is 0 Å². The van der Waals surface area contributed by atoms with Gasteiger partial charge in [-0.3, -0.25) is 5.41 Å². The van der Waals surface area contributed by atoms with Gasteiger partial charge >= 0.3 is 0 Å². The largest absolute Gasteiger partial charge is 0.387 e. The topological polar surface area (TPSA) is 62.3 Å². The molecule has 0 aromatic heterocycles. The van der Waals surface area contributed by atoms with Gasteiger partial charge in [-0.1, -0.05) is 6.92 Å². The molecule has 114 valence electrons. The van der Waals surface area contributed by atoms with Crippen LogP contribution in [0.4, 0.5) is 0 Å². The summed E-state index contributed by atoms with van der Waals surface area (Å²) >= 11 is 2.04. The summed E-state index contributed by atoms with van der Waals surface area (Å²) in [7, 11) is 0. The van der Waals surface area contributed by atoms with E-state index >= 15 is 0 Å². The number of hydrogen-bond donors (Lipinski definition) is 2. The summed E-state index contributed by atoms with van der Waals surface area (Å²) < 4.78 is 6.13. The molecule has 3 aliphatic rings. The van der Waals surface area contributed by atoms with E-state index < -0.39 is 0 Å². The molecule has 20 heavy (non-hydrogen) atoms. The van der Waals surface area contributed by atoms with Crippen molar-refractivity contribution in [2.45, 2.75) is 50.7 Å². The third-order valence-electron chi connectivity index (χ3n) is 5.60. The minimum atomic E-state index is -0.0669. The normalized spacial score (nSPS) is 38.1. The molecule has 3 saturated heterocycles. The first-order valence-electron chi connectivity index (χ1n) is 7.83. The van der Waals surface area contributed by atoms with Crippen LogP contribution in [0.5, 0.6) is 0 Å². The van der Waals surface area contributed by atoms with Crippen molar-refractivity contribution in [1.82, 2.24) is 4.90 Å². The summed E-state index contributed by atoms with van der Waals surface area (Å²) in [6.07, 6.45) is 5.66. The molecule has 0 radical (unpaired) electrons. The van der Waals surface area contributed by atoms with E-state index in [0.29, 0.717) is 11.9 Å². The van der Waals surface area contributed by atoms with Crippen molar-refractivity contribution < 1.29 is 4.74 Å². The van der Waals surface area contributed by atoms with Gasteiger partial charge in [0, 0.05) is 23.8 Å². The van der Waals surface area contributed by atoms with Gasteiger partial charge in [-0.15, -0.1) is 0 Å². The highest BCUT2D eigenvalue weighted by atomic mass is 32.2. The first-order valence-corrected chi connectivity index (χ1v) is 8.99. The molecule has 4 nitrogen and oxygen atoms in total. The van der Waals surface area contributed by atoms with Crippen LogP contribution in [0.2, 0.25) is 0 Å². The minimum Gasteiger partial charge on any atom is -0.387 e. The quantitative estimate of drug-likeness (QED) is 0.605. The minimum absolute atomic E-state index is 0.0669. The molecule has 0 aromatic carbocycles. The number of ether oxygens (including phenoxy) is 1. The molecular weight excluding hydrogens is 270 g/mol. The Kier molecular flexibility index (Phi) is 4.04. The first kappa shape index (κ1) is 14.7. The van der Waals surface area contributed by atoms with Crippen LogP contribution in [0.1, 0.15) is 39.0 Å². The second kappa shape index (κ2) is 5.50. The number of rotatable bonds is 2. The number of nitrogens with one attached hydrogen (secondary N) is 1. The summed E-state index contributed by atoms with van der Waals surface area (Å²) in [5.74, 6) is 2.81. The molecular formula is C15H27N3OS. The Morgan fingerprint density at radius 3 is 2.70 bits per heavy atom. The van der Waals surface area contributed by atoms with Gasteiger partial charge in [0.15, 0.2) is 0 Å². The number of likely N-dealkylation sites (tertiary alicyclic amines) is 1. The molecule has 0 aromatic rings. The Labute approximate surface area is 126 Å². The van der Waals surface area contributed by atoms with E-state index in [1.165, 1.54) is 30.8 Å². The van der Waals surface area contributed by atoms with Crippen molar-refractivity contribution in [3.63, 3.8) is 0 Å². The van der Waals surface area contributed by atoms with Crippen molar-refractivity contribution in [2.75, 3.05) is 31.2 Å². The number of piperidine rings is 1. The maximum atomic E-state index is 7.76. The van der Waals surface area contributed by atoms with Gasteiger partial charge in [-0.25, -0.2) is 0 Å². The molecule has 0 aliphatic carbocycles. The maximum Gasteiger partial charge on any atom is 0.0966 e. The average molecular weight is 297 g/mol. The van der Waals surface area contributed by atoms with Crippen LogP contribution in [-0.2, 0) is 4.74 Å². The Morgan fingerprint density at radius 2 is 2.10 bits per heavy atom. The second-order valence-corrected chi connectivity index (χ2v) is 8.10. The van der Waals surface area contributed by atoms with Gasteiger partial charge in [0.25, 0.3) is 0 Å². The van der Waals surface area contributed by atoms with Crippen molar-refractivity contribution >= 4 is 17.6 Å². The van der Waals surface area contributed by atoms with Crippen LogP contribution < -0.4 is 5.73 Å². The fourth-order valence-electron chi connectivity index (χ4n) is 3.83. The molecule has 3 N–H and O–H groups in total. The predicted octanol–water partition coefficient (Wildman–Crippen LogP) is 2.08. The zero-order valence-corrected chi connectivity index (χ0v) is 13.3. The average Bonchev–Trinajstić information content (AvgIpc) is 2.87. The summed E-state index contributed by atoms with van der Waals surface area (Å²) in [5, 5.41) is 7.76. The lowest BCUT2D eigenvalue weighted by molar-refractivity contribution is -0.0937. The summed E-state index contributed by atoms with van der Waals surface area (Å²) in [6.45, 7) is 5.24. The van der Waals surface area contributed by atoms with Crippen LogP contribution in [0.25, 0.3) is 0 Å². The Balaban J connectivity index is 1.59. The highest BCUT2D eigenvalue weighted by Gasteiger charge is 2.43. The highest BCUT2D eigenvalue weighted by Crippen LogP contribution is 2.41. The molecule has 0 saturated carbocycles. The fraction of sp³-hybridized carbons (Fsp3) is 0.933. The highest BCUT2D eigenvalue weighted by molar-refractivity contribution is 7.99. The standard InChI is InChI=1S/C15H27N3OS/c1-14(13(16)17)3-6-18(7-4-14)12-2-8-19-15(10-12)5-9-20-11-15/h12H,2-11H2,1H3,(H3,16,17). The lowest BCUT2D eigenvalue weighted by Crippen LogP contribution is -2.53. The zero-order chi connectivity index (χ0) is 14.2. The van der Waals surface area contributed by atoms with Crippen LogP contribution in [0, 0.1) is 10.8 Å². The van der Waals surface area contributed by atoms with Crippen molar-refractivity contribution in [1.29, 1.82) is 5.41 Å². The van der Waals surface area contributed by atoms with E-state index in [1.54, 1.807) is 0 Å². The van der Waals surface area contributed by atoms with E-state index in [1.807, 2.05) is 11.8 Å². The third kappa shape index (κ3) is 2.72. The summed E-state index contributed by atoms with van der Waals surface area (Å²) in [5.41, 5.74) is 5.87. The SMILES string of the molecule is CC1(C(=N)N)CCN(C2CCOC3(CCSC3)C2)CC1. The van der Waals surface area contributed by atoms with Crippen molar-refractivity contribution in [3.8, 4) is 0 Å². The Hall–Kier alpha value is -0.260. The molecule has 5 heteroatoms. The van der Waals surface area contributed by atoms with Crippen LogP contribution in [-0.4, -0.2) is 53.6 Å². The third-order valence-corrected chi connectivity index (χ3v) is 6.83. The first-order chi connectivity index (χ1) is 9.53. The summed E-state index contributed by atoms with van der Waals surface area (Å²) in [6, 6.07) is 0.680. The van der Waals surface area contributed by atoms with Crippen LogP contribution >= 0.6 is 11.8 Å². The monoisotopic (exact) mass is 297 g/mol. The van der Waals surface area contributed by atoms with Gasteiger partial charge in [0.05, 0.1) is 11.4 Å². The molecule has 3 aliphatic heterocycles.